The van der Waals surface area contributed by atoms with Gasteiger partial charge in [-0.3, -0.25) is 10.4 Å². The van der Waals surface area contributed by atoms with Gasteiger partial charge in [-0.2, -0.15) is 0 Å². The summed E-state index contributed by atoms with van der Waals surface area (Å²) in [5.74, 6) is 1.27. The second-order valence-electron chi connectivity index (χ2n) is 4.74. The minimum Gasteiger partial charge on any atom is -0.456 e. The van der Waals surface area contributed by atoms with Gasteiger partial charge in [-0.15, -0.1) is 0 Å². The number of nitrogens with one attached hydrogen (secondary N) is 1. The molecule has 0 aliphatic rings. The van der Waals surface area contributed by atoms with Crippen LogP contribution in [-0.2, 0) is 6.42 Å². The van der Waals surface area contributed by atoms with E-state index in [4.69, 9.17) is 15.9 Å². The summed E-state index contributed by atoms with van der Waals surface area (Å²) < 4.78 is 5.87. The minimum atomic E-state index is -0.0322. The lowest BCUT2D eigenvalue weighted by molar-refractivity contribution is 0.479. The smallest absolute Gasteiger partial charge is 0.141 e. The van der Waals surface area contributed by atoms with E-state index in [9.17, 15) is 0 Å². The molecular weight excluding hydrogens is 250 g/mol. The molecule has 104 valence electrons. The van der Waals surface area contributed by atoms with Gasteiger partial charge in [0.15, 0.2) is 0 Å². The Bertz CT molecular complexity index is 633. The van der Waals surface area contributed by atoms with Crippen LogP contribution in [0.5, 0.6) is 11.5 Å². The van der Waals surface area contributed by atoms with Gasteiger partial charge in [0, 0.05) is 11.8 Å². The lowest BCUT2D eigenvalue weighted by Gasteiger charge is -2.13. The molecule has 0 saturated heterocycles. The molecule has 1 aromatic carbocycles. The maximum Gasteiger partial charge on any atom is 0.141 e. The molecule has 4 nitrogen and oxygen atoms in total. The van der Waals surface area contributed by atoms with Gasteiger partial charge in [0.1, 0.15) is 17.3 Å². The van der Waals surface area contributed by atoms with Crippen LogP contribution in [-0.4, -0.2) is 10.8 Å². The Morgan fingerprint density at radius 1 is 1.25 bits per heavy atom. The molecule has 0 spiro atoms. The summed E-state index contributed by atoms with van der Waals surface area (Å²) in [6.07, 6.45) is 0.993. The highest BCUT2D eigenvalue weighted by molar-refractivity contribution is 5.98. The zero-order valence-corrected chi connectivity index (χ0v) is 12.0. The molecule has 0 radical (unpaired) electrons. The number of nitrogens with two attached hydrogens (primary N) is 1. The molecule has 0 amide bonds. The lowest BCUT2D eigenvalue weighted by Crippen LogP contribution is -2.15. The molecule has 2 aromatic rings. The maximum absolute atomic E-state index is 7.68. The normalized spacial score (nSPS) is 10.3. The minimum absolute atomic E-state index is 0.0322. The maximum atomic E-state index is 7.68. The van der Waals surface area contributed by atoms with Gasteiger partial charge in [-0.05, 0) is 38.0 Å². The number of benzene rings is 1. The molecular formula is C16H19N3O. The number of nitrogen functional groups attached to an aromatic ring is 1. The van der Waals surface area contributed by atoms with Crippen molar-refractivity contribution in [3.05, 3.63) is 52.8 Å². The number of ether oxygens (including phenoxy) is 1. The number of nitrogens with zero attached hydrogens (tertiary/aromatic N) is 1. The summed E-state index contributed by atoms with van der Waals surface area (Å²) in [7, 11) is 0. The fourth-order valence-electron chi connectivity index (χ4n) is 2.12. The summed E-state index contributed by atoms with van der Waals surface area (Å²) in [5, 5.41) is 7.68. The SMILES string of the molecule is CCc1ccc(Oc2cc(C)nc(C)c2C(=N)N)cc1. The van der Waals surface area contributed by atoms with Crippen LogP contribution in [0.25, 0.3) is 0 Å². The number of aromatic nitrogens is 1. The summed E-state index contributed by atoms with van der Waals surface area (Å²) >= 11 is 0. The van der Waals surface area contributed by atoms with Crippen LogP contribution >= 0.6 is 0 Å². The fourth-order valence-corrected chi connectivity index (χ4v) is 2.12. The van der Waals surface area contributed by atoms with E-state index in [2.05, 4.69) is 11.9 Å². The van der Waals surface area contributed by atoms with E-state index in [-0.39, 0.29) is 5.84 Å². The Morgan fingerprint density at radius 2 is 1.90 bits per heavy atom. The summed E-state index contributed by atoms with van der Waals surface area (Å²) in [6, 6.07) is 9.71. The lowest BCUT2D eigenvalue weighted by atomic mass is 10.1. The number of rotatable bonds is 4. The van der Waals surface area contributed by atoms with Crippen molar-refractivity contribution in [2.75, 3.05) is 0 Å². The number of amidine groups is 1. The zero-order valence-electron chi connectivity index (χ0n) is 12.0. The van der Waals surface area contributed by atoms with Crippen LogP contribution < -0.4 is 10.5 Å². The van der Waals surface area contributed by atoms with Gasteiger partial charge < -0.3 is 10.5 Å². The van der Waals surface area contributed by atoms with E-state index in [1.807, 2.05) is 38.1 Å². The van der Waals surface area contributed by atoms with E-state index in [0.717, 1.165) is 17.9 Å². The third-order valence-electron chi connectivity index (χ3n) is 3.12. The fraction of sp³-hybridized carbons (Fsp3) is 0.250. The third kappa shape index (κ3) is 2.96. The highest BCUT2D eigenvalue weighted by atomic mass is 16.5. The Labute approximate surface area is 119 Å². The van der Waals surface area contributed by atoms with Crippen molar-refractivity contribution < 1.29 is 4.74 Å². The number of hydrogen-bond donors (Lipinski definition) is 2. The first-order chi connectivity index (χ1) is 9.51. The van der Waals surface area contributed by atoms with Gasteiger partial charge in [-0.1, -0.05) is 19.1 Å². The molecule has 1 aromatic heterocycles. The van der Waals surface area contributed by atoms with Gasteiger partial charge >= 0.3 is 0 Å². The quantitative estimate of drug-likeness (QED) is 0.660. The Balaban J connectivity index is 2.39. The Kier molecular flexibility index (Phi) is 4.03. The largest absolute Gasteiger partial charge is 0.456 e. The highest BCUT2D eigenvalue weighted by Gasteiger charge is 2.13. The van der Waals surface area contributed by atoms with Crippen LogP contribution in [0, 0.1) is 19.3 Å². The molecule has 0 aliphatic carbocycles. The van der Waals surface area contributed by atoms with Crippen molar-refractivity contribution in [1.82, 2.24) is 4.98 Å². The predicted molar refractivity (Wildman–Crippen MR) is 80.6 cm³/mol. The monoisotopic (exact) mass is 269 g/mol. The van der Waals surface area contributed by atoms with Gasteiger partial charge in [0.25, 0.3) is 0 Å². The van der Waals surface area contributed by atoms with E-state index in [0.29, 0.717) is 17.0 Å². The van der Waals surface area contributed by atoms with Crippen molar-refractivity contribution >= 4 is 5.84 Å². The van der Waals surface area contributed by atoms with E-state index in [1.54, 1.807) is 6.07 Å². The summed E-state index contributed by atoms with van der Waals surface area (Å²) in [5.41, 5.74) is 8.98. The first-order valence-electron chi connectivity index (χ1n) is 6.60. The standard InChI is InChI=1S/C16H19N3O/c1-4-12-5-7-13(8-6-12)20-14-9-10(2)19-11(3)15(14)16(17)18/h5-9H,4H2,1-3H3,(H3,17,18). The molecule has 0 fully saturated rings. The predicted octanol–water partition coefficient (Wildman–Crippen LogP) is 3.34. The molecule has 0 unspecified atom stereocenters. The van der Waals surface area contributed by atoms with E-state index < -0.39 is 0 Å². The number of aryl methyl sites for hydroxylation is 3. The second kappa shape index (κ2) is 5.74. The molecule has 4 heteroatoms. The van der Waals surface area contributed by atoms with Crippen LogP contribution in [0.4, 0.5) is 0 Å². The first kappa shape index (κ1) is 14.1. The van der Waals surface area contributed by atoms with Crippen LogP contribution in [0.15, 0.2) is 30.3 Å². The zero-order chi connectivity index (χ0) is 14.7. The molecule has 0 atom stereocenters. The topological polar surface area (TPSA) is 72.0 Å². The molecule has 1 heterocycles. The first-order valence-corrected chi connectivity index (χ1v) is 6.60. The molecule has 2 rings (SSSR count). The number of hydrogen-bond acceptors (Lipinski definition) is 3. The van der Waals surface area contributed by atoms with Gasteiger partial charge in [0.05, 0.1) is 11.3 Å². The van der Waals surface area contributed by atoms with E-state index in [1.165, 1.54) is 5.56 Å². The summed E-state index contributed by atoms with van der Waals surface area (Å²) in [4.78, 5) is 4.32. The van der Waals surface area contributed by atoms with Gasteiger partial charge in [0.2, 0.25) is 0 Å². The van der Waals surface area contributed by atoms with Crippen molar-refractivity contribution in [3.63, 3.8) is 0 Å². The molecule has 0 saturated carbocycles. The van der Waals surface area contributed by atoms with Gasteiger partial charge in [-0.25, -0.2) is 0 Å². The van der Waals surface area contributed by atoms with Crippen molar-refractivity contribution in [1.29, 1.82) is 5.41 Å². The molecule has 20 heavy (non-hydrogen) atoms. The van der Waals surface area contributed by atoms with Crippen molar-refractivity contribution in [2.24, 2.45) is 5.73 Å². The number of pyridine rings is 1. The van der Waals surface area contributed by atoms with Crippen LogP contribution in [0.3, 0.4) is 0 Å². The molecule has 0 bridgehead atoms. The molecule has 0 aliphatic heterocycles. The molecule has 3 N–H and O–H groups in total. The second-order valence-corrected chi connectivity index (χ2v) is 4.74. The average Bonchev–Trinajstić information content (AvgIpc) is 2.38. The Morgan fingerprint density at radius 3 is 2.45 bits per heavy atom. The van der Waals surface area contributed by atoms with Crippen molar-refractivity contribution in [3.8, 4) is 11.5 Å². The Hall–Kier alpha value is -2.36. The van der Waals surface area contributed by atoms with Crippen LogP contribution in [0.1, 0.15) is 29.4 Å². The highest BCUT2D eigenvalue weighted by Crippen LogP contribution is 2.27. The third-order valence-corrected chi connectivity index (χ3v) is 3.12. The summed E-state index contributed by atoms with van der Waals surface area (Å²) in [6.45, 7) is 5.83. The van der Waals surface area contributed by atoms with Crippen LogP contribution in [0.2, 0.25) is 0 Å². The average molecular weight is 269 g/mol. The van der Waals surface area contributed by atoms with Crippen molar-refractivity contribution in [2.45, 2.75) is 27.2 Å². The van der Waals surface area contributed by atoms with E-state index >= 15 is 0 Å².